The molecule has 3 rings (SSSR count). The van der Waals surface area contributed by atoms with Crippen molar-refractivity contribution in [3.05, 3.63) is 53.6 Å². The monoisotopic (exact) mass is 339 g/mol. The van der Waals surface area contributed by atoms with Gasteiger partial charge in [-0.2, -0.15) is 0 Å². The van der Waals surface area contributed by atoms with Crippen LogP contribution < -0.4 is 0 Å². The maximum absolute atomic E-state index is 13.4. The van der Waals surface area contributed by atoms with Crippen LogP contribution in [0.3, 0.4) is 0 Å². The molecular formula is C21H29N3O. The molecule has 2 heterocycles. The van der Waals surface area contributed by atoms with Gasteiger partial charge < -0.3 is 9.47 Å². The molecule has 2 atom stereocenters. The van der Waals surface area contributed by atoms with Gasteiger partial charge in [0.2, 0.25) is 5.91 Å². The van der Waals surface area contributed by atoms with E-state index in [9.17, 15) is 4.79 Å². The molecule has 0 saturated carbocycles. The molecule has 0 radical (unpaired) electrons. The number of benzene rings is 1. The summed E-state index contributed by atoms with van der Waals surface area (Å²) < 4.78 is 2.17. The molecule has 1 aromatic carbocycles. The zero-order chi connectivity index (χ0) is 18.0. The third-order valence-corrected chi connectivity index (χ3v) is 5.27. The molecule has 0 N–H and O–H groups in total. The molecule has 134 valence electrons. The van der Waals surface area contributed by atoms with Crippen LogP contribution in [0.2, 0.25) is 0 Å². The van der Waals surface area contributed by atoms with Gasteiger partial charge in [-0.3, -0.25) is 4.79 Å². The van der Waals surface area contributed by atoms with Crippen molar-refractivity contribution in [2.24, 2.45) is 11.8 Å². The average molecular weight is 339 g/mol. The van der Waals surface area contributed by atoms with Gasteiger partial charge in [0, 0.05) is 37.3 Å². The Morgan fingerprint density at radius 2 is 2.08 bits per heavy atom. The molecule has 0 saturated heterocycles. The predicted octanol–water partition coefficient (Wildman–Crippen LogP) is 4.00. The lowest BCUT2D eigenvalue weighted by atomic mass is 9.92. The van der Waals surface area contributed by atoms with Crippen LogP contribution in [-0.4, -0.2) is 26.9 Å². The first-order valence-corrected chi connectivity index (χ1v) is 9.32. The topological polar surface area (TPSA) is 38.1 Å². The van der Waals surface area contributed by atoms with Gasteiger partial charge >= 0.3 is 0 Å². The van der Waals surface area contributed by atoms with Gasteiger partial charge in [-0.25, -0.2) is 4.98 Å². The largest absolute Gasteiger partial charge is 0.335 e. The van der Waals surface area contributed by atoms with Crippen LogP contribution in [0, 0.1) is 18.8 Å². The summed E-state index contributed by atoms with van der Waals surface area (Å²) in [5.74, 6) is 0.802. The molecular weight excluding hydrogens is 310 g/mol. The van der Waals surface area contributed by atoms with Crippen molar-refractivity contribution >= 4 is 5.91 Å². The Balaban J connectivity index is 1.83. The van der Waals surface area contributed by atoms with Crippen molar-refractivity contribution in [2.45, 2.75) is 53.1 Å². The number of carbonyl (C=O) groups excluding carboxylic acids is 1. The number of nitrogens with zero attached hydrogens (tertiary/aromatic N) is 3. The summed E-state index contributed by atoms with van der Waals surface area (Å²) in [4.78, 5) is 19.7. The van der Waals surface area contributed by atoms with Gasteiger partial charge in [-0.15, -0.1) is 0 Å². The minimum Gasteiger partial charge on any atom is -0.335 e. The third kappa shape index (κ3) is 3.78. The second-order valence-electron chi connectivity index (χ2n) is 7.69. The van der Waals surface area contributed by atoms with Crippen LogP contribution >= 0.6 is 0 Å². The molecule has 1 aliphatic heterocycles. The molecule has 4 heteroatoms. The minimum absolute atomic E-state index is 0.0643. The molecule has 2 aromatic rings. The lowest BCUT2D eigenvalue weighted by Crippen LogP contribution is -2.42. The summed E-state index contributed by atoms with van der Waals surface area (Å²) in [5, 5.41) is 0. The van der Waals surface area contributed by atoms with Gasteiger partial charge in [-0.05, 0) is 37.3 Å². The number of hydrogen-bond donors (Lipinski definition) is 0. The molecule has 2 unspecified atom stereocenters. The van der Waals surface area contributed by atoms with E-state index in [0.717, 1.165) is 25.9 Å². The summed E-state index contributed by atoms with van der Waals surface area (Å²) in [6, 6.07) is 8.50. The Labute approximate surface area is 150 Å². The van der Waals surface area contributed by atoms with Crippen molar-refractivity contribution < 1.29 is 4.79 Å². The van der Waals surface area contributed by atoms with E-state index in [4.69, 9.17) is 0 Å². The van der Waals surface area contributed by atoms with Gasteiger partial charge in [0.15, 0.2) is 0 Å². The number of imidazole rings is 1. The summed E-state index contributed by atoms with van der Waals surface area (Å²) in [7, 11) is 0. The maximum atomic E-state index is 13.4. The van der Waals surface area contributed by atoms with Crippen LogP contribution in [-0.2, 0) is 17.8 Å². The van der Waals surface area contributed by atoms with Crippen LogP contribution in [0.1, 0.15) is 50.1 Å². The van der Waals surface area contributed by atoms with E-state index >= 15 is 0 Å². The van der Waals surface area contributed by atoms with E-state index in [2.05, 4.69) is 66.4 Å². The highest BCUT2D eigenvalue weighted by atomic mass is 16.2. The number of fused-ring (bicyclic) bond motifs is 1. The number of hydrogen-bond acceptors (Lipinski definition) is 2. The summed E-state index contributed by atoms with van der Waals surface area (Å²) in [5.41, 5.74) is 3.67. The lowest BCUT2D eigenvalue weighted by Gasteiger charge is -2.36. The number of carbonyl (C=O) groups is 1. The first kappa shape index (κ1) is 17.7. The SMILES string of the molecule is Cc1ccccc1C(C)N(CC(C)C)C(=O)C1CCn2cncc2C1. The van der Waals surface area contributed by atoms with Crippen molar-refractivity contribution in [1.82, 2.24) is 14.5 Å². The zero-order valence-electron chi connectivity index (χ0n) is 15.8. The first-order valence-electron chi connectivity index (χ1n) is 9.32. The highest BCUT2D eigenvalue weighted by molar-refractivity contribution is 5.79. The third-order valence-electron chi connectivity index (χ3n) is 5.27. The molecule has 1 amide bonds. The molecule has 0 fully saturated rings. The molecule has 0 spiro atoms. The summed E-state index contributed by atoms with van der Waals surface area (Å²) in [6.45, 7) is 10.3. The van der Waals surface area contributed by atoms with E-state index in [1.165, 1.54) is 16.8 Å². The quantitative estimate of drug-likeness (QED) is 0.826. The molecule has 4 nitrogen and oxygen atoms in total. The predicted molar refractivity (Wildman–Crippen MR) is 100 cm³/mol. The Morgan fingerprint density at radius 3 is 2.80 bits per heavy atom. The van der Waals surface area contributed by atoms with E-state index in [0.29, 0.717) is 5.92 Å². The van der Waals surface area contributed by atoms with Crippen molar-refractivity contribution in [3.8, 4) is 0 Å². The Bertz CT molecular complexity index is 734. The Morgan fingerprint density at radius 1 is 1.32 bits per heavy atom. The van der Waals surface area contributed by atoms with E-state index in [-0.39, 0.29) is 17.9 Å². The highest BCUT2D eigenvalue weighted by Gasteiger charge is 2.32. The first-order chi connectivity index (χ1) is 12.0. The molecule has 25 heavy (non-hydrogen) atoms. The molecule has 1 aliphatic rings. The zero-order valence-corrected chi connectivity index (χ0v) is 15.8. The second-order valence-corrected chi connectivity index (χ2v) is 7.69. The van der Waals surface area contributed by atoms with Crippen LogP contribution in [0.15, 0.2) is 36.8 Å². The number of rotatable bonds is 5. The lowest BCUT2D eigenvalue weighted by molar-refractivity contribution is -0.139. The molecule has 0 aliphatic carbocycles. The standard InChI is InChI=1S/C21H29N3O/c1-15(2)13-24(17(4)20-8-6-5-7-16(20)3)21(25)18-9-10-23-14-22-12-19(23)11-18/h5-8,12,14-15,17-18H,9-11,13H2,1-4H3. The number of aryl methyl sites for hydroxylation is 2. The van der Waals surface area contributed by atoms with Crippen LogP contribution in [0.25, 0.3) is 0 Å². The van der Waals surface area contributed by atoms with Crippen LogP contribution in [0.4, 0.5) is 0 Å². The van der Waals surface area contributed by atoms with E-state index < -0.39 is 0 Å². The van der Waals surface area contributed by atoms with Crippen molar-refractivity contribution in [2.75, 3.05) is 6.54 Å². The van der Waals surface area contributed by atoms with Crippen LogP contribution in [0.5, 0.6) is 0 Å². The maximum Gasteiger partial charge on any atom is 0.226 e. The Hall–Kier alpha value is -2.10. The van der Waals surface area contributed by atoms with Crippen molar-refractivity contribution in [1.29, 1.82) is 0 Å². The van der Waals surface area contributed by atoms with E-state index in [1.807, 2.05) is 12.5 Å². The van der Waals surface area contributed by atoms with Gasteiger partial charge in [0.1, 0.15) is 0 Å². The van der Waals surface area contributed by atoms with Gasteiger partial charge in [0.25, 0.3) is 0 Å². The summed E-state index contributed by atoms with van der Waals surface area (Å²) >= 11 is 0. The van der Waals surface area contributed by atoms with E-state index in [1.54, 1.807) is 0 Å². The molecule has 1 aromatic heterocycles. The fourth-order valence-electron chi connectivity index (χ4n) is 3.87. The fourth-order valence-corrected chi connectivity index (χ4v) is 3.87. The minimum atomic E-state index is 0.0643. The number of amides is 1. The fraction of sp³-hybridized carbons (Fsp3) is 0.524. The summed E-state index contributed by atoms with van der Waals surface area (Å²) in [6.07, 6.45) is 5.47. The smallest absolute Gasteiger partial charge is 0.226 e. The number of aromatic nitrogens is 2. The van der Waals surface area contributed by atoms with Gasteiger partial charge in [-0.1, -0.05) is 38.1 Å². The second kappa shape index (κ2) is 7.42. The average Bonchev–Trinajstić information content (AvgIpc) is 3.06. The van der Waals surface area contributed by atoms with Gasteiger partial charge in [0.05, 0.1) is 12.4 Å². The highest BCUT2D eigenvalue weighted by Crippen LogP contribution is 2.29. The van der Waals surface area contributed by atoms with Crippen molar-refractivity contribution in [3.63, 3.8) is 0 Å². The molecule has 0 bridgehead atoms. The Kier molecular flexibility index (Phi) is 5.26. The normalized spacial score (nSPS) is 18.0.